The summed E-state index contributed by atoms with van der Waals surface area (Å²) in [5.41, 5.74) is 8.93. The van der Waals surface area contributed by atoms with E-state index < -0.39 is 0 Å². The number of pyridine rings is 2. The molecule has 2 aliphatic rings. The number of fused-ring (bicyclic) bond motifs is 2. The van der Waals surface area contributed by atoms with Gasteiger partial charge in [-0.05, 0) is 86.9 Å². The van der Waals surface area contributed by atoms with Crippen molar-refractivity contribution in [2.24, 2.45) is 0 Å². The first kappa shape index (κ1) is 39.0. The molecule has 0 aliphatic carbocycles. The van der Waals surface area contributed by atoms with Gasteiger partial charge in [0, 0.05) is 98.4 Å². The first-order valence-electron chi connectivity index (χ1n) is 21.1. The minimum Gasteiger partial charge on any atom is -0.496 e. The lowest BCUT2D eigenvalue weighted by atomic mass is 10.1. The topological polar surface area (TPSA) is 98.3 Å². The molecule has 2 aliphatic heterocycles. The van der Waals surface area contributed by atoms with Crippen LogP contribution in [0.5, 0.6) is 11.5 Å². The average molecular weight is 827 g/mol. The van der Waals surface area contributed by atoms with Crippen LogP contribution < -0.4 is 29.3 Å². The Hall–Kier alpha value is -7.16. The van der Waals surface area contributed by atoms with E-state index in [-0.39, 0.29) is 0 Å². The Labute approximate surface area is 361 Å². The molecule has 6 heterocycles. The van der Waals surface area contributed by atoms with Crippen molar-refractivity contribution in [2.45, 2.75) is 0 Å². The zero-order valence-corrected chi connectivity index (χ0v) is 35.5. The second kappa shape index (κ2) is 16.7. The van der Waals surface area contributed by atoms with Crippen LogP contribution >= 0.6 is 0 Å². The van der Waals surface area contributed by atoms with Gasteiger partial charge in [-0.3, -0.25) is 0 Å². The predicted octanol–water partition coefficient (Wildman–Crippen LogP) is 7.52. The van der Waals surface area contributed by atoms with Gasteiger partial charge < -0.3 is 29.1 Å². The number of para-hydroxylation sites is 2. The molecule has 2 fully saturated rings. The molecule has 4 aromatic heterocycles. The zero-order valence-electron chi connectivity index (χ0n) is 35.5. The summed E-state index contributed by atoms with van der Waals surface area (Å²) in [4.78, 5) is 20.4. The summed E-state index contributed by atoms with van der Waals surface area (Å²) in [6.07, 6.45) is 3.87. The van der Waals surface area contributed by atoms with Crippen molar-refractivity contribution in [2.75, 3.05) is 100 Å². The standard InChI is InChI=1S/C48H50N12O2/c1-53-25-29-55(30-26-53)35-13-9-15-37(33-35)59(47-49-45-41(19-11-23-57(45)51-47)39-17-5-7-21-43(39)61-3)60(38-16-10-14-36(34-38)56-31-27-54(2)28-32-56)48-50-46-42(20-12-24-58(46)52-48)40-18-6-8-22-44(40)62-4/h5-24,33-34H,25-32H2,1-4H3. The molecule has 2 saturated heterocycles. The molecule has 0 spiro atoms. The number of methoxy groups -OCH3 is 2. The van der Waals surface area contributed by atoms with Gasteiger partial charge in [0.2, 0.25) is 0 Å². The fourth-order valence-electron chi connectivity index (χ4n) is 8.54. The fraction of sp³-hybridized carbons (Fsp3) is 0.250. The van der Waals surface area contributed by atoms with Gasteiger partial charge in [0.25, 0.3) is 11.9 Å². The SMILES string of the molecule is COc1ccccc1-c1cccn2nc(N(c3cccc(N4CCN(C)CC4)c3)N(c3cccc(N4CCN(C)CC4)c3)c3nc4c(-c5ccccc5OC)cccn4n3)nc12. The summed E-state index contributed by atoms with van der Waals surface area (Å²) in [6, 6.07) is 41.4. The van der Waals surface area contributed by atoms with E-state index in [2.05, 4.69) is 117 Å². The molecular formula is C48H50N12O2. The van der Waals surface area contributed by atoms with E-state index in [1.54, 1.807) is 14.2 Å². The third-order valence-corrected chi connectivity index (χ3v) is 12.0. The van der Waals surface area contributed by atoms with E-state index in [0.29, 0.717) is 23.2 Å². The zero-order chi connectivity index (χ0) is 42.2. The van der Waals surface area contributed by atoms with Crippen LogP contribution in [0.1, 0.15) is 0 Å². The molecule has 4 aromatic carbocycles. The van der Waals surface area contributed by atoms with Gasteiger partial charge in [0.05, 0.1) is 25.6 Å². The number of benzene rings is 4. The van der Waals surface area contributed by atoms with Crippen LogP contribution in [0.25, 0.3) is 33.5 Å². The molecule has 0 atom stereocenters. The minimum atomic E-state index is 0.441. The van der Waals surface area contributed by atoms with E-state index in [0.717, 1.165) is 109 Å². The lowest BCUT2D eigenvalue weighted by molar-refractivity contribution is 0.313. The Balaban J connectivity index is 1.21. The molecule has 14 heteroatoms. The van der Waals surface area contributed by atoms with Crippen molar-refractivity contribution in [1.29, 1.82) is 0 Å². The van der Waals surface area contributed by atoms with Crippen molar-refractivity contribution in [1.82, 2.24) is 39.0 Å². The quantitative estimate of drug-likeness (QED) is 0.121. The van der Waals surface area contributed by atoms with Crippen molar-refractivity contribution in [3.8, 4) is 33.8 Å². The third kappa shape index (κ3) is 7.37. The van der Waals surface area contributed by atoms with Crippen LogP contribution in [0.2, 0.25) is 0 Å². The first-order chi connectivity index (χ1) is 30.4. The molecule has 0 bridgehead atoms. The van der Waals surface area contributed by atoms with E-state index >= 15 is 0 Å². The van der Waals surface area contributed by atoms with Crippen LogP contribution in [0.3, 0.4) is 0 Å². The van der Waals surface area contributed by atoms with E-state index in [9.17, 15) is 0 Å². The molecule has 0 radical (unpaired) electrons. The number of rotatable bonds is 11. The lowest BCUT2D eigenvalue weighted by Gasteiger charge is -2.37. The minimum absolute atomic E-state index is 0.441. The van der Waals surface area contributed by atoms with Crippen molar-refractivity contribution < 1.29 is 9.47 Å². The Morgan fingerprint density at radius 2 is 0.855 bits per heavy atom. The van der Waals surface area contributed by atoms with E-state index in [1.165, 1.54) is 0 Å². The first-order valence-corrected chi connectivity index (χ1v) is 21.1. The summed E-state index contributed by atoms with van der Waals surface area (Å²) < 4.78 is 15.4. The van der Waals surface area contributed by atoms with Gasteiger partial charge in [0.15, 0.2) is 11.3 Å². The molecule has 314 valence electrons. The van der Waals surface area contributed by atoms with Crippen molar-refractivity contribution in [3.05, 3.63) is 134 Å². The van der Waals surface area contributed by atoms with Crippen LogP contribution in [-0.4, -0.2) is 120 Å². The molecule has 0 amide bonds. The lowest BCUT2D eigenvalue weighted by Crippen LogP contribution is -2.44. The number of aromatic nitrogens is 6. The molecular weight excluding hydrogens is 777 g/mol. The summed E-state index contributed by atoms with van der Waals surface area (Å²) >= 11 is 0. The van der Waals surface area contributed by atoms with Gasteiger partial charge in [-0.2, -0.15) is 9.97 Å². The summed E-state index contributed by atoms with van der Waals surface area (Å²) in [7, 11) is 7.75. The number of likely N-dealkylation sites (N-methyl/N-ethyl adjacent to an activating group) is 2. The van der Waals surface area contributed by atoms with Crippen LogP contribution in [0.4, 0.5) is 34.6 Å². The summed E-state index contributed by atoms with van der Waals surface area (Å²) in [5.74, 6) is 2.39. The fourth-order valence-corrected chi connectivity index (χ4v) is 8.54. The third-order valence-electron chi connectivity index (χ3n) is 12.0. The highest BCUT2D eigenvalue weighted by Crippen LogP contribution is 2.40. The molecule has 8 aromatic rings. The van der Waals surface area contributed by atoms with Crippen LogP contribution in [-0.2, 0) is 0 Å². The number of hydrazine groups is 1. The molecule has 0 unspecified atom stereocenters. The smallest absolute Gasteiger partial charge is 0.269 e. The maximum absolute atomic E-state index is 5.84. The molecule has 0 N–H and O–H groups in total. The highest BCUT2D eigenvalue weighted by molar-refractivity contribution is 5.85. The molecule has 0 saturated carbocycles. The monoisotopic (exact) mass is 826 g/mol. The highest BCUT2D eigenvalue weighted by atomic mass is 16.5. The van der Waals surface area contributed by atoms with Crippen molar-refractivity contribution >= 4 is 45.9 Å². The maximum Gasteiger partial charge on any atom is 0.269 e. The Morgan fingerprint density at radius 1 is 0.452 bits per heavy atom. The van der Waals surface area contributed by atoms with Gasteiger partial charge in [-0.1, -0.05) is 48.5 Å². The van der Waals surface area contributed by atoms with Crippen LogP contribution in [0, 0.1) is 0 Å². The largest absolute Gasteiger partial charge is 0.496 e. The maximum atomic E-state index is 5.84. The van der Waals surface area contributed by atoms with Crippen molar-refractivity contribution in [3.63, 3.8) is 0 Å². The number of nitrogens with zero attached hydrogens (tertiary/aromatic N) is 12. The summed E-state index contributed by atoms with van der Waals surface area (Å²) in [5, 5.41) is 14.6. The normalized spacial score (nSPS) is 15.0. The average Bonchev–Trinajstić information content (AvgIpc) is 3.96. The Morgan fingerprint density at radius 3 is 1.27 bits per heavy atom. The number of piperazine rings is 2. The Bertz CT molecular complexity index is 2650. The number of hydrogen-bond donors (Lipinski definition) is 0. The van der Waals surface area contributed by atoms with Gasteiger partial charge in [0.1, 0.15) is 11.5 Å². The molecule has 62 heavy (non-hydrogen) atoms. The highest BCUT2D eigenvalue weighted by Gasteiger charge is 2.31. The Kier molecular flexibility index (Phi) is 10.5. The molecule has 14 nitrogen and oxygen atoms in total. The molecule has 10 rings (SSSR count). The second-order valence-corrected chi connectivity index (χ2v) is 15.8. The van der Waals surface area contributed by atoms with Gasteiger partial charge in [-0.25, -0.2) is 19.0 Å². The second-order valence-electron chi connectivity index (χ2n) is 15.8. The van der Waals surface area contributed by atoms with Gasteiger partial charge in [-0.15, -0.1) is 10.2 Å². The predicted molar refractivity (Wildman–Crippen MR) is 247 cm³/mol. The number of ether oxygens (including phenoxy) is 2. The van der Waals surface area contributed by atoms with E-state index in [1.807, 2.05) is 70.0 Å². The summed E-state index contributed by atoms with van der Waals surface area (Å²) in [6.45, 7) is 7.63. The number of hydrogen-bond acceptors (Lipinski definition) is 12. The van der Waals surface area contributed by atoms with Gasteiger partial charge >= 0.3 is 0 Å². The number of anilines is 6. The van der Waals surface area contributed by atoms with E-state index in [4.69, 9.17) is 29.6 Å². The van der Waals surface area contributed by atoms with Crippen LogP contribution in [0.15, 0.2) is 134 Å².